The summed E-state index contributed by atoms with van der Waals surface area (Å²) >= 11 is 6.71. The van der Waals surface area contributed by atoms with E-state index in [-0.39, 0.29) is 6.42 Å². The molecule has 164 valence electrons. The number of carbonyl (C=O) groups is 1. The van der Waals surface area contributed by atoms with Gasteiger partial charge in [-0.05, 0) is 136 Å². The first-order chi connectivity index (χ1) is 14.3. The van der Waals surface area contributed by atoms with Crippen LogP contribution in [0.25, 0.3) is 0 Å². The largest absolute Gasteiger partial charge is 0.491 e. The molecular formula is C21H25I3N2O4. The van der Waals surface area contributed by atoms with Crippen LogP contribution in [0, 0.1) is 17.6 Å². The SMILES string of the molecule is Cc1cc(CC(=O)O)cc(I)c1Oc1cc(I)c(OCCCNCCCN)c(I)c1. The number of hydrogen-bond donors (Lipinski definition) is 3. The highest BCUT2D eigenvalue weighted by Gasteiger charge is 2.14. The summed E-state index contributed by atoms with van der Waals surface area (Å²) in [5.41, 5.74) is 7.16. The molecule has 30 heavy (non-hydrogen) atoms. The molecule has 0 amide bonds. The lowest BCUT2D eigenvalue weighted by Crippen LogP contribution is -2.21. The molecule has 2 aromatic carbocycles. The van der Waals surface area contributed by atoms with Crippen molar-refractivity contribution in [2.75, 3.05) is 26.2 Å². The zero-order valence-electron chi connectivity index (χ0n) is 16.6. The summed E-state index contributed by atoms with van der Waals surface area (Å²) < 4.78 is 15.0. The van der Waals surface area contributed by atoms with E-state index in [0.29, 0.717) is 13.2 Å². The molecule has 0 aliphatic heterocycles. The van der Waals surface area contributed by atoms with E-state index in [9.17, 15) is 4.79 Å². The second kappa shape index (κ2) is 13.2. The minimum Gasteiger partial charge on any atom is -0.491 e. The summed E-state index contributed by atoms with van der Waals surface area (Å²) in [5.74, 6) is 1.50. The summed E-state index contributed by atoms with van der Waals surface area (Å²) in [6.07, 6.45) is 1.91. The molecule has 0 unspecified atom stereocenters. The van der Waals surface area contributed by atoms with E-state index in [1.165, 1.54) is 0 Å². The molecule has 4 N–H and O–H groups in total. The van der Waals surface area contributed by atoms with Gasteiger partial charge in [-0.2, -0.15) is 0 Å². The molecule has 0 saturated carbocycles. The van der Waals surface area contributed by atoms with Crippen LogP contribution >= 0.6 is 67.8 Å². The Kier molecular flexibility index (Phi) is 11.4. The highest BCUT2D eigenvalue weighted by molar-refractivity contribution is 14.1. The van der Waals surface area contributed by atoms with Crippen molar-refractivity contribution < 1.29 is 19.4 Å². The third kappa shape index (κ3) is 8.28. The molecule has 0 heterocycles. The van der Waals surface area contributed by atoms with E-state index in [1.54, 1.807) is 0 Å². The fourth-order valence-corrected chi connectivity index (χ4v) is 5.74. The minimum absolute atomic E-state index is 0.00148. The van der Waals surface area contributed by atoms with Crippen LogP contribution in [0.15, 0.2) is 24.3 Å². The van der Waals surface area contributed by atoms with Gasteiger partial charge in [0.2, 0.25) is 0 Å². The van der Waals surface area contributed by atoms with E-state index in [2.05, 4.69) is 73.1 Å². The molecule has 0 fully saturated rings. The number of nitrogens with two attached hydrogens (primary N) is 1. The number of rotatable bonds is 12. The second-order valence-corrected chi connectivity index (χ2v) is 10.2. The molecule has 0 saturated heterocycles. The lowest BCUT2D eigenvalue weighted by molar-refractivity contribution is -0.136. The van der Waals surface area contributed by atoms with Gasteiger partial charge in [0, 0.05) is 0 Å². The van der Waals surface area contributed by atoms with Crippen LogP contribution in [0.4, 0.5) is 0 Å². The Hall–Kier alpha value is -0.380. The van der Waals surface area contributed by atoms with Crippen molar-refractivity contribution in [1.29, 1.82) is 0 Å². The Balaban J connectivity index is 2.02. The summed E-state index contributed by atoms with van der Waals surface area (Å²) in [6.45, 7) is 5.12. The Bertz CT molecular complexity index is 831. The average Bonchev–Trinajstić information content (AvgIpc) is 2.65. The quantitative estimate of drug-likeness (QED) is 0.211. The van der Waals surface area contributed by atoms with Crippen molar-refractivity contribution in [3.63, 3.8) is 0 Å². The van der Waals surface area contributed by atoms with Crippen LogP contribution in [0.1, 0.15) is 24.0 Å². The third-order valence-electron chi connectivity index (χ3n) is 4.14. The topological polar surface area (TPSA) is 93.8 Å². The fourth-order valence-electron chi connectivity index (χ4n) is 2.78. The van der Waals surface area contributed by atoms with E-state index in [4.69, 9.17) is 20.3 Å². The van der Waals surface area contributed by atoms with Gasteiger partial charge in [-0.15, -0.1) is 0 Å². The van der Waals surface area contributed by atoms with Crippen molar-refractivity contribution in [2.45, 2.75) is 26.2 Å². The van der Waals surface area contributed by atoms with E-state index >= 15 is 0 Å². The second-order valence-electron chi connectivity index (χ2n) is 6.71. The number of benzene rings is 2. The maximum Gasteiger partial charge on any atom is 0.307 e. The Labute approximate surface area is 218 Å². The molecule has 6 nitrogen and oxygen atoms in total. The van der Waals surface area contributed by atoms with Crippen molar-refractivity contribution in [3.8, 4) is 17.2 Å². The molecule has 0 aliphatic rings. The van der Waals surface area contributed by atoms with Crippen LogP contribution < -0.4 is 20.5 Å². The number of ether oxygens (including phenoxy) is 2. The number of carboxylic acid groups (broad SMARTS) is 1. The molecule has 0 aromatic heterocycles. The molecule has 2 aromatic rings. The molecule has 0 radical (unpaired) electrons. The lowest BCUT2D eigenvalue weighted by Gasteiger charge is -2.15. The first-order valence-corrected chi connectivity index (χ1v) is 12.8. The highest BCUT2D eigenvalue weighted by Crippen LogP contribution is 2.36. The van der Waals surface area contributed by atoms with Crippen molar-refractivity contribution >= 4 is 73.7 Å². The van der Waals surface area contributed by atoms with Gasteiger partial charge < -0.3 is 25.6 Å². The van der Waals surface area contributed by atoms with Crippen molar-refractivity contribution in [2.24, 2.45) is 5.73 Å². The monoisotopic (exact) mass is 750 g/mol. The maximum atomic E-state index is 11.0. The van der Waals surface area contributed by atoms with Gasteiger partial charge in [0.25, 0.3) is 0 Å². The van der Waals surface area contributed by atoms with Gasteiger partial charge in [-0.25, -0.2) is 0 Å². The van der Waals surface area contributed by atoms with Crippen LogP contribution in [-0.2, 0) is 11.2 Å². The van der Waals surface area contributed by atoms with Crippen molar-refractivity contribution in [1.82, 2.24) is 5.32 Å². The predicted molar refractivity (Wildman–Crippen MR) is 144 cm³/mol. The summed E-state index contributed by atoms with van der Waals surface area (Å²) in [4.78, 5) is 11.0. The predicted octanol–water partition coefficient (Wildman–Crippen LogP) is 4.94. The van der Waals surface area contributed by atoms with Crippen LogP contribution in [-0.4, -0.2) is 37.3 Å². The van der Waals surface area contributed by atoms with Gasteiger partial charge in [-0.3, -0.25) is 4.79 Å². The number of hydrogen-bond acceptors (Lipinski definition) is 5. The standard InChI is InChI=1S/C21H25I3N2O4/c1-13-8-14(10-19(27)28)9-16(22)20(13)30-15-11-17(23)21(18(24)12-15)29-7-3-6-26-5-2-4-25/h8-9,11-12,26H,2-7,10,25H2,1H3,(H,27,28). The number of aryl methyl sites for hydroxylation is 1. The average molecular weight is 750 g/mol. The molecule has 9 heteroatoms. The van der Waals surface area contributed by atoms with Crippen LogP contribution in [0.5, 0.6) is 17.2 Å². The molecule has 0 spiro atoms. The normalized spacial score (nSPS) is 10.8. The van der Waals surface area contributed by atoms with Gasteiger partial charge in [-0.1, -0.05) is 6.07 Å². The first-order valence-electron chi connectivity index (χ1n) is 9.53. The third-order valence-corrected chi connectivity index (χ3v) is 6.54. The van der Waals surface area contributed by atoms with E-state index in [1.807, 2.05) is 31.2 Å². The summed E-state index contributed by atoms with van der Waals surface area (Å²) in [6, 6.07) is 7.63. The smallest absolute Gasteiger partial charge is 0.307 e. The fraction of sp³-hybridized carbons (Fsp3) is 0.381. The van der Waals surface area contributed by atoms with Gasteiger partial charge in [0.15, 0.2) is 0 Å². The van der Waals surface area contributed by atoms with Crippen LogP contribution in [0.2, 0.25) is 0 Å². The van der Waals surface area contributed by atoms with E-state index < -0.39 is 5.97 Å². The molecule has 0 aliphatic carbocycles. The summed E-state index contributed by atoms with van der Waals surface area (Å²) in [7, 11) is 0. The zero-order valence-corrected chi connectivity index (χ0v) is 23.1. The van der Waals surface area contributed by atoms with Gasteiger partial charge in [0.05, 0.1) is 23.7 Å². The number of aliphatic carboxylic acids is 1. The Morgan fingerprint density at radius 3 is 2.27 bits per heavy atom. The van der Waals surface area contributed by atoms with Crippen molar-refractivity contribution in [3.05, 3.63) is 46.1 Å². The Morgan fingerprint density at radius 1 is 1.03 bits per heavy atom. The highest BCUT2D eigenvalue weighted by atomic mass is 127. The molecular weight excluding hydrogens is 725 g/mol. The van der Waals surface area contributed by atoms with Crippen LogP contribution in [0.3, 0.4) is 0 Å². The lowest BCUT2D eigenvalue weighted by atomic mass is 10.1. The summed E-state index contributed by atoms with van der Waals surface area (Å²) in [5, 5.41) is 12.4. The van der Waals surface area contributed by atoms with Gasteiger partial charge >= 0.3 is 5.97 Å². The first kappa shape index (κ1) is 25.9. The molecule has 0 atom stereocenters. The van der Waals surface area contributed by atoms with Gasteiger partial charge in [0.1, 0.15) is 17.2 Å². The molecule has 0 bridgehead atoms. The number of halogens is 3. The Morgan fingerprint density at radius 2 is 1.67 bits per heavy atom. The zero-order chi connectivity index (χ0) is 22.1. The number of nitrogens with one attached hydrogen (secondary N) is 1. The minimum atomic E-state index is -0.843. The maximum absolute atomic E-state index is 11.0. The number of carboxylic acids is 1. The van der Waals surface area contributed by atoms with E-state index in [0.717, 1.165) is 65.0 Å². The molecule has 2 rings (SSSR count).